The first-order valence-electron chi connectivity index (χ1n) is 7.25. The van der Waals surface area contributed by atoms with Crippen molar-refractivity contribution in [1.82, 2.24) is 5.43 Å². The van der Waals surface area contributed by atoms with E-state index in [1.165, 1.54) is 17.7 Å². The van der Waals surface area contributed by atoms with Crippen molar-refractivity contribution in [3.8, 4) is 5.75 Å². The molecular weight excluding hydrogens is 295 g/mol. The molecule has 0 spiro atoms. The minimum absolute atomic E-state index is 0.0396. The second kappa shape index (κ2) is 7.54. The van der Waals surface area contributed by atoms with Crippen LogP contribution in [0.15, 0.2) is 47.6 Å². The van der Waals surface area contributed by atoms with Gasteiger partial charge in [0.2, 0.25) is 0 Å². The van der Waals surface area contributed by atoms with Crippen LogP contribution in [0.4, 0.5) is 4.39 Å². The van der Waals surface area contributed by atoms with Gasteiger partial charge in [0.1, 0.15) is 0 Å². The van der Waals surface area contributed by atoms with E-state index < -0.39 is 11.7 Å². The molecule has 1 amide bonds. The first-order valence-corrected chi connectivity index (χ1v) is 7.25. The SMILES string of the molecule is C/C(=N/NC(=O)COc1ccccc1F)c1ccc(C)cc1C. The molecule has 0 heterocycles. The highest BCUT2D eigenvalue weighted by atomic mass is 19.1. The maximum Gasteiger partial charge on any atom is 0.277 e. The number of para-hydroxylation sites is 1. The Morgan fingerprint density at radius 3 is 2.65 bits per heavy atom. The summed E-state index contributed by atoms with van der Waals surface area (Å²) in [5, 5.41) is 4.06. The Bertz CT molecular complexity index is 742. The standard InChI is InChI=1S/C18H19FN2O2/c1-12-8-9-15(13(2)10-12)14(3)20-21-18(22)11-23-17-7-5-4-6-16(17)19/h4-10H,11H2,1-3H3,(H,21,22)/b20-14-. The molecule has 5 heteroatoms. The Balaban J connectivity index is 1.94. The maximum atomic E-state index is 13.4. The van der Waals surface area contributed by atoms with Crippen LogP contribution in [0.1, 0.15) is 23.6 Å². The van der Waals surface area contributed by atoms with E-state index in [1.54, 1.807) is 12.1 Å². The molecule has 0 bridgehead atoms. The minimum Gasteiger partial charge on any atom is -0.481 e. The molecule has 0 radical (unpaired) electrons. The van der Waals surface area contributed by atoms with Crippen molar-refractivity contribution < 1.29 is 13.9 Å². The molecule has 0 atom stereocenters. The molecular formula is C18H19FN2O2. The third kappa shape index (κ3) is 4.64. The second-order valence-electron chi connectivity index (χ2n) is 5.27. The number of nitrogens with one attached hydrogen (secondary N) is 1. The van der Waals surface area contributed by atoms with E-state index in [9.17, 15) is 9.18 Å². The van der Waals surface area contributed by atoms with E-state index >= 15 is 0 Å². The van der Waals surface area contributed by atoms with Gasteiger partial charge in [-0.15, -0.1) is 0 Å². The quantitative estimate of drug-likeness (QED) is 0.679. The summed E-state index contributed by atoms with van der Waals surface area (Å²) in [4.78, 5) is 11.7. The lowest BCUT2D eigenvalue weighted by atomic mass is 10.0. The normalized spacial score (nSPS) is 11.2. The van der Waals surface area contributed by atoms with Crippen LogP contribution in [0.5, 0.6) is 5.75 Å². The molecule has 0 saturated heterocycles. The van der Waals surface area contributed by atoms with E-state index in [-0.39, 0.29) is 12.4 Å². The number of hydrogen-bond acceptors (Lipinski definition) is 3. The van der Waals surface area contributed by atoms with Gasteiger partial charge in [-0.1, -0.05) is 35.9 Å². The number of amides is 1. The molecule has 0 saturated carbocycles. The summed E-state index contributed by atoms with van der Waals surface area (Å²) in [6.07, 6.45) is 0. The predicted molar refractivity (Wildman–Crippen MR) is 88.2 cm³/mol. The van der Waals surface area contributed by atoms with Crippen molar-refractivity contribution in [2.75, 3.05) is 6.61 Å². The fourth-order valence-corrected chi connectivity index (χ4v) is 2.16. The van der Waals surface area contributed by atoms with Crippen molar-refractivity contribution in [2.45, 2.75) is 20.8 Å². The number of carbonyl (C=O) groups is 1. The molecule has 0 aliphatic carbocycles. The number of rotatable bonds is 5. The van der Waals surface area contributed by atoms with E-state index in [4.69, 9.17) is 4.74 Å². The molecule has 1 N–H and O–H groups in total. The lowest BCUT2D eigenvalue weighted by molar-refractivity contribution is -0.123. The van der Waals surface area contributed by atoms with Gasteiger partial charge in [-0.3, -0.25) is 4.79 Å². The number of benzene rings is 2. The summed E-state index contributed by atoms with van der Waals surface area (Å²) in [7, 11) is 0. The molecule has 2 aromatic carbocycles. The number of hydrazone groups is 1. The Kier molecular flexibility index (Phi) is 5.46. The van der Waals surface area contributed by atoms with Gasteiger partial charge in [0.25, 0.3) is 5.91 Å². The van der Waals surface area contributed by atoms with Crippen LogP contribution in [-0.2, 0) is 4.79 Å². The van der Waals surface area contributed by atoms with Crippen molar-refractivity contribution in [2.24, 2.45) is 5.10 Å². The number of ether oxygens (including phenoxy) is 1. The molecule has 120 valence electrons. The van der Waals surface area contributed by atoms with Crippen LogP contribution in [0, 0.1) is 19.7 Å². The summed E-state index contributed by atoms with van der Waals surface area (Å²) in [6, 6.07) is 11.9. The highest BCUT2D eigenvalue weighted by Crippen LogP contribution is 2.15. The van der Waals surface area contributed by atoms with Crippen molar-refractivity contribution in [1.29, 1.82) is 0 Å². The van der Waals surface area contributed by atoms with Crippen LogP contribution < -0.4 is 10.2 Å². The van der Waals surface area contributed by atoms with E-state index in [1.807, 2.05) is 32.9 Å². The average Bonchev–Trinajstić information content (AvgIpc) is 2.52. The lowest BCUT2D eigenvalue weighted by Crippen LogP contribution is -2.25. The van der Waals surface area contributed by atoms with Crippen molar-refractivity contribution in [3.05, 3.63) is 65.0 Å². The molecule has 0 fully saturated rings. The summed E-state index contributed by atoms with van der Waals surface area (Å²) in [6.45, 7) is 5.52. The first-order chi connectivity index (χ1) is 11.0. The Labute approximate surface area is 135 Å². The zero-order valence-electron chi connectivity index (χ0n) is 13.4. The molecule has 0 unspecified atom stereocenters. The van der Waals surface area contributed by atoms with Crippen molar-refractivity contribution in [3.63, 3.8) is 0 Å². The molecule has 0 aromatic heterocycles. The van der Waals surface area contributed by atoms with Crippen LogP contribution in [-0.4, -0.2) is 18.2 Å². The highest BCUT2D eigenvalue weighted by molar-refractivity contribution is 6.00. The first kappa shape index (κ1) is 16.7. The van der Waals surface area contributed by atoms with Gasteiger partial charge in [0.05, 0.1) is 5.71 Å². The van der Waals surface area contributed by atoms with E-state index in [0.717, 1.165) is 11.1 Å². The van der Waals surface area contributed by atoms with E-state index in [0.29, 0.717) is 5.71 Å². The van der Waals surface area contributed by atoms with Gasteiger partial charge in [-0.2, -0.15) is 5.10 Å². The minimum atomic E-state index is -0.504. The predicted octanol–water partition coefficient (Wildman–Crippen LogP) is 3.36. The fraction of sp³-hybridized carbons (Fsp3) is 0.222. The number of nitrogens with zero attached hydrogens (tertiary/aromatic N) is 1. The van der Waals surface area contributed by atoms with Gasteiger partial charge >= 0.3 is 0 Å². The lowest BCUT2D eigenvalue weighted by Gasteiger charge is -2.08. The van der Waals surface area contributed by atoms with Gasteiger partial charge in [-0.05, 0) is 38.5 Å². The number of halogens is 1. The fourth-order valence-electron chi connectivity index (χ4n) is 2.16. The molecule has 23 heavy (non-hydrogen) atoms. The summed E-state index contributed by atoms with van der Waals surface area (Å²) in [5.74, 6) is -0.912. The number of hydrogen-bond donors (Lipinski definition) is 1. The zero-order chi connectivity index (χ0) is 16.8. The maximum absolute atomic E-state index is 13.4. The molecule has 4 nitrogen and oxygen atoms in total. The number of aryl methyl sites for hydroxylation is 2. The molecule has 0 aliphatic heterocycles. The topological polar surface area (TPSA) is 50.7 Å². The van der Waals surface area contributed by atoms with Gasteiger partial charge < -0.3 is 4.74 Å². The van der Waals surface area contributed by atoms with Crippen LogP contribution in [0.3, 0.4) is 0 Å². The van der Waals surface area contributed by atoms with Crippen molar-refractivity contribution >= 4 is 11.6 Å². The Morgan fingerprint density at radius 2 is 1.96 bits per heavy atom. The Hall–Kier alpha value is -2.69. The second-order valence-corrected chi connectivity index (χ2v) is 5.27. The zero-order valence-corrected chi connectivity index (χ0v) is 13.4. The molecule has 0 aliphatic rings. The molecule has 2 aromatic rings. The third-order valence-electron chi connectivity index (χ3n) is 3.32. The van der Waals surface area contributed by atoms with Crippen LogP contribution >= 0.6 is 0 Å². The molecule has 2 rings (SSSR count). The average molecular weight is 314 g/mol. The van der Waals surface area contributed by atoms with Crippen LogP contribution in [0.2, 0.25) is 0 Å². The smallest absolute Gasteiger partial charge is 0.277 e. The van der Waals surface area contributed by atoms with Gasteiger partial charge in [0, 0.05) is 5.56 Å². The largest absolute Gasteiger partial charge is 0.481 e. The Morgan fingerprint density at radius 1 is 1.22 bits per heavy atom. The van der Waals surface area contributed by atoms with E-state index in [2.05, 4.69) is 16.6 Å². The summed E-state index contributed by atoms with van der Waals surface area (Å²) in [5.41, 5.74) is 6.33. The van der Waals surface area contributed by atoms with Crippen LogP contribution in [0.25, 0.3) is 0 Å². The monoisotopic (exact) mass is 314 g/mol. The van der Waals surface area contributed by atoms with Gasteiger partial charge in [-0.25, -0.2) is 9.82 Å². The third-order valence-corrected chi connectivity index (χ3v) is 3.32. The highest BCUT2D eigenvalue weighted by Gasteiger charge is 2.07. The summed E-state index contributed by atoms with van der Waals surface area (Å²) < 4.78 is 18.5. The summed E-state index contributed by atoms with van der Waals surface area (Å²) >= 11 is 0. The van der Waals surface area contributed by atoms with Gasteiger partial charge in [0.15, 0.2) is 18.2 Å². The number of carbonyl (C=O) groups excluding carboxylic acids is 1.